The highest BCUT2D eigenvalue weighted by atomic mass is 28.3. The SMILES string of the molecule is CC(=O)OCC[Si-](O)C(C)(C)N. The summed E-state index contributed by atoms with van der Waals surface area (Å²) in [6.45, 7) is 5.16. The summed E-state index contributed by atoms with van der Waals surface area (Å²) in [5, 5.41) is -0.537. The molecule has 0 saturated carbocycles. The van der Waals surface area contributed by atoms with Crippen LogP contribution in [0.25, 0.3) is 0 Å². The summed E-state index contributed by atoms with van der Waals surface area (Å²) >= 11 is 0. The van der Waals surface area contributed by atoms with Crippen LogP contribution in [0, 0.1) is 0 Å². The highest BCUT2D eigenvalue weighted by Gasteiger charge is 2.10. The summed E-state index contributed by atoms with van der Waals surface area (Å²) in [7, 11) is -1.60. The zero-order valence-electron chi connectivity index (χ0n) is 7.76. The van der Waals surface area contributed by atoms with E-state index in [2.05, 4.69) is 4.74 Å². The highest BCUT2D eigenvalue weighted by molar-refractivity contribution is 6.54. The van der Waals surface area contributed by atoms with Gasteiger partial charge in [-0.1, -0.05) is 28.0 Å². The molecule has 0 spiro atoms. The molecule has 0 amide bonds. The van der Waals surface area contributed by atoms with Crippen LogP contribution in [-0.4, -0.2) is 31.6 Å². The maximum Gasteiger partial charge on any atom is 0.302 e. The van der Waals surface area contributed by atoms with E-state index in [9.17, 15) is 9.59 Å². The number of nitrogens with two attached hydrogens (primary N) is 1. The first-order valence-corrected chi connectivity index (χ1v) is 5.47. The predicted molar refractivity (Wildman–Crippen MR) is 47.7 cm³/mol. The number of esters is 1. The summed E-state index contributed by atoms with van der Waals surface area (Å²) in [4.78, 5) is 19.8. The van der Waals surface area contributed by atoms with Crippen LogP contribution in [0.3, 0.4) is 0 Å². The van der Waals surface area contributed by atoms with Gasteiger partial charge in [0.1, 0.15) is 0 Å². The van der Waals surface area contributed by atoms with Crippen molar-refractivity contribution < 1.29 is 14.3 Å². The molecule has 0 aromatic carbocycles. The Morgan fingerprint density at radius 2 is 2.17 bits per heavy atom. The lowest BCUT2D eigenvalue weighted by molar-refractivity contribution is -0.140. The fraction of sp³-hybridized carbons (Fsp3) is 0.857. The van der Waals surface area contributed by atoms with Gasteiger partial charge in [0.05, 0.1) is 6.61 Å². The van der Waals surface area contributed by atoms with E-state index >= 15 is 0 Å². The molecule has 72 valence electrons. The van der Waals surface area contributed by atoms with Gasteiger partial charge in [0.2, 0.25) is 0 Å². The fourth-order valence-electron chi connectivity index (χ4n) is 0.614. The molecule has 0 aliphatic heterocycles. The van der Waals surface area contributed by atoms with Crippen LogP contribution in [0.4, 0.5) is 0 Å². The normalized spacial score (nSPS) is 11.8. The smallest absolute Gasteiger partial charge is 0.302 e. The molecule has 0 aromatic heterocycles. The minimum Gasteiger partial charge on any atom is -0.599 e. The quantitative estimate of drug-likeness (QED) is 0.476. The van der Waals surface area contributed by atoms with Gasteiger partial charge in [-0.05, 0) is 0 Å². The Morgan fingerprint density at radius 1 is 1.67 bits per heavy atom. The van der Waals surface area contributed by atoms with Crippen molar-refractivity contribution in [2.24, 2.45) is 5.73 Å². The molecule has 0 radical (unpaired) electrons. The second kappa shape index (κ2) is 4.59. The van der Waals surface area contributed by atoms with Gasteiger partial charge in [0.15, 0.2) is 0 Å². The number of carbonyl (C=O) groups is 1. The van der Waals surface area contributed by atoms with Crippen LogP contribution < -0.4 is 5.73 Å². The lowest BCUT2D eigenvalue weighted by atomic mass is 10.4. The maximum atomic E-state index is 10.4. The molecule has 3 N–H and O–H groups in total. The topological polar surface area (TPSA) is 72.5 Å². The van der Waals surface area contributed by atoms with Gasteiger partial charge in [-0.15, -0.1) is 6.04 Å². The minimum atomic E-state index is -1.60. The number of ether oxygens (including phenoxy) is 1. The van der Waals surface area contributed by atoms with Crippen molar-refractivity contribution in [1.29, 1.82) is 0 Å². The summed E-state index contributed by atoms with van der Waals surface area (Å²) in [5.41, 5.74) is 5.65. The van der Waals surface area contributed by atoms with Crippen molar-refractivity contribution in [2.75, 3.05) is 6.61 Å². The minimum absolute atomic E-state index is 0.265. The van der Waals surface area contributed by atoms with Crippen molar-refractivity contribution in [2.45, 2.75) is 32.0 Å². The van der Waals surface area contributed by atoms with Crippen molar-refractivity contribution in [3.63, 3.8) is 0 Å². The van der Waals surface area contributed by atoms with Crippen molar-refractivity contribution >= 4 is 15.0 Å². The van der Waals surface area contributed by atoms with E-state index in [1.165, 1.54) is 6.92 Å². The molecule has 0 aliphatic carbocycles. The second-order valence-electron chi connectivity index (χ2n) is 3.26. The largest absolute Gasteiger partial charge is 0.599 e. The van der Waals surface area contributed by atoms with Crippen LogP contribution in [-0.2, 0) is 9.53 Å². The standard InChI is InChI=1S/C7H16NO3Si/c1-6(9)11-4-5-12(10)7(2,3)8/h10H,4-5,8H2,1-3H3/q-1. The molecule has 0 aromatic rings. The third-order valence-electron chi connectivity index (χ3n) is 1.39. The lowest BCUT2D eigenvalue weighted by Crippen LogP contribution is -2.49. The van der Waals surface area contributed by atoms with Crippen LogP contribution in [0.1, 0.15) is 20.8 Å². The third kappa shape index (κ3) is 5.28. The molecule has 0 saturated heterocycles. The van der Waals surface area contributed by atoms with E-state index in [1.54, 1.807) is 13.8 Å². The lowest BCUT2D eigenvalue weighted by Gasteiger charge is -2.37. The molecule has 0 atom stereocenters. The van der Waals surface area contributed by atoms with Gasteiger partial charge in [-0.25, -0.2) is 0 Å². The van der Waals surface area contributed by atoms with Crippen LogP contribution in [0.15, 0.2) is 0 Å². The first-order valence-electron chi connectivity index (χ1n) is 3.81. The zero-order valence-corrected chi connectivity index (χ0v) is 8.76. The average molecular weight is 190 g/mol. The van der Waals surface area contributed by atoms with Crippen LogP contribution >= 0.6 is 0 Å². The first kappa shape index (κ1) is 11.6. The van der Waals surface area contributed by atoms with E-state index < -0.39 is 14.2 Å². The van der Waals surface area contributed by atoms with Gasteiger partial charge >= 0.3 is 5.97 Å². The molecule has 0 bridgehead atoms. The molecular formula is C7H16NO3Si-. The molecule has 0 rings (SSSR count). The number of hydrogen-bond donors (Lipinski definition) is 2. The predicted octanol–water partition coefficient (Wildman–Crippen LogP) is -0.190. The Labute approximate surface area is 74.4 Å². The molecule has 12 heavy (non-hydrogen) atoms. The monoisotopic (exact) mass is 190 g/mol. The van der Waals surface area contributed by atoms with E-state index in [0.29, 0.717) is 6.04 Å². The van der Waals surface area contributed by atoms with Gasteiger partial charge in [0, 0.05) is 6.92 Å². The molecule has 0 heterocycles. The Hall–Kier alpha value is -0.393. The third-order valence-corrected chi connectivity index (χ3v) is 3.55. The van der Waals surface area contributed by atoms with Crippen molar-refractivity contribution in [3.05, 3.63) is 0 Å². The molecule has 5 heteroatoms. The summed E-state index contributed by atoms with van der Waals surface area (Å²) in [6.07, 6.45) is 0. The van der Waals surface area contributed by atoms with Crippen molar-refractivity contribution in [3.8, 4) is 0 Å². The molecule has 0 fully saturated rings. The van der Waals surface area contributed by atoms with Gasteiger partial charge in [-0.2, -0.15) is 0 Å². The number of hydrogen-bond acceptors (Lipinski definition) is 4. The summed E-state index contributed by atoms with van der Waals surface area (Å²) in [6, 6.07) is 0.480. The second-order valence-corrected chi connectivity index (χ2v) is 5.94. The van der Waals surface area contributed by atoms with E-state index in [1.807, 2.05) is 0 Å². The van der Waals surface area contributed by atoms with Crippen LogP contribution in [0.5, 0.6) is 0 Å². The number of rotatable bonds is 4. The Kier molecular flexibility index (Phi) is 4.44. The van der Waals surface area contributed by atoms with Gasteiger partial charge < -0.3 is 15.3 Å². The molecule has 0 unspecified atom stereocenters. The van der Waals surface area contributed by atoms with E-state index in [0.717, 1.165) is 0 Å². The van der Waals surface area contributed by atoms with Gasteiger partial charge in [0.25, 0.3) is 0 Å². The maximum absolute atomic E-state index is 10.4. The molecule has 0 aliphatic rings. The Balaban J connectivity index is 3.58. The Bertz CT molecular complexity index is 155. The zero-order chi connectivity index (χ0) is 9.78. The highest BCUT2D eigenvalue weighted by Crippen LogP contribution is 2.05. The van der Waals surface area contributed by atoms with E-state index in [4.69, 9.17) is 5.73 Å². The number of carbonyl (C=O) groups excluding carboxylic acids is 1. The Morgan fingerprint density at radius 3 is 2.50 bits per heavy atom. The average Bonchev–Trinajstić information content (AvgIpc) is 1.84. The summed E-state index contributed by atoms with van der Waals surface area (Å²) in [5.74, 6) is -0.320. The fourth-order valence-corrected chi connectivity index (χ4v) is 1.55. The summed E-state index contributed by atoms with van der Waals surface area (Å²) < 4.78 is 4.68. The van der Waals surface area contributed by atoms with Crippen molar-refractivity contribution in [1.82, 2.24) is 0 Å². The van der Waals surface area contributed by atoms with Crippen LogP contribution in [0.2, 0.25) is 6.04 Å². The van der Waals surface area contributed by atoms with E-state index in [-0.39, 0.29) is 12.6 Å². The first-order chi connectivity index (χ1) is 5.34. The van der Waals surface area contributed by atoms with Gasteiger partial charge in [-0.3, -0.25) is 4.79 Å². The molecule has 4 nitrogen and oxygen atoms in total. The molecular weight excluding hydrogens is 174 g/mol.